The number of rotatable bonds is 2. The summed E-state index contributed by atoms with van der Waals surface area (Å²) in [7, 11) is 0. The molecule has 0 bridgehead atoms. The highest BCUT2D eigenvalue weighted by Gasteiger charge is 2.27. The number of cyclic esters (lactones) is 1. The summed E-state index contributed by atoms with van der Waals surface area (Å²) < 4.78 is 5.29. The fourth-order valence-corrected chi connectivity index (χ4v) is 1.79. The maximum atomic E-state index is 11.4. The van der Waals surface area contributed by atoms with Crippen LogP contribution in [0.3, 0.4) is 0 Å². The molecule has 0 aromatic rings. The molecule has 0 unspecified atom stereocenters. The highest BCUT2D eigenvalue weighted by atomic mass is 16.5. The zero-order valence-electron chi connectivity index (χ0n) is 9.48. The topological polar surface area (TPSA) is 46.5 Å². The van der Waals surface area contributed by atoms with Gasteiger partial charge in [0, 0.05) is 5.92 Å². The second-order valence-corrected chi connectivity index (χ2v) is 4.45. The predicted octanol–water partition coefficient (Wildman–Crippen LogP) is 1.90. The van der Waals surface area contributed by atoms with Gasteiger partial charge in [-0.1, -0.05) is 19.9 Å². The van der Waals surface area contributed by atoms with Gasteiger partial charge in [0.1, 0.15) is 6.10 Å². The van der Waals surface area contributed by atoms with Crippen molar-refractivity contribution in [2.75, 3.05) is 0 Å². The number of aliphatic hydroxyl groups excluding tert-OH is 1. The van der Waals surface area contributed by atoms with Gasteiger partial charge in [-0.2, -0.15) is 0 Å². The lowest BCUT2D eigenvalue weighted by atomic mass is 9.90. The van der Waals surface area contributed by atoms with Crippen LogP contribution in [0.25, 0.3) is 0 Å². The molecule has 1 fully saturated rings. The zero-order valence-corrected chi connectivity index (χ0v) is 9.48. The molecule has 1 rings (SSSR count). The summed E-state index contributed by atoms with van der Waals surface area (Å²) in [6, 6.07) is 0. The van der Waals surface area contributed by atoms with E-state index in [1.165, 1.54) is 0 Å². The lowest BCUT2D eigenvalue weighted by Gasteiger charge is -2.28. The molecule has 0 radical (unpaired) electrons. The Labute approximate surface area is 91.1 Å². The molecular weight excluding hydrogens is 192 g/mol. The fourth-order valence-electron chi connectivity index (χ4n) is 1.79. The molecule has 1 N–H and O–H groups in total. The van der Waals surface area contributed by atoms with Crippen LogP contribution in [0, 0.1) is 11.8 Å². The van der Waals surface area contributed by atoms with Crippen LogP contribution in [0.2, 0.25) is 0 Å². The lowest BCUT2D eigenvalue weighted by molar-refractivity contribution is -0.156. The number of hydrogen-bond donors (Lipinski definition) is 1. The molecule has 3 nitrogen and oxygen atoms in total. The van der Waals surface area contributed by atoms with Gasteiger partial charge in [0.05, 0.1) is 12.5 Å². The average Bonchev–Trinajstić information content (AvgIpc) is 2.20. The second kappa shape index (κ2) is 5.31. The zero-order chi connectivity index (χ0) is 11.4. The van der Waals surface area contributed by atoms with E-state index in [1.807, 2.05) is 13.8 Å². The summed E-state index contributed by atoms with van der Waals surface area (Å²) in [4.78, 5) is 11.4. The molecular formula is C12H20O3. The maximum absolute atomic E-state index is 11.4. The Hall–Kier alpha value is -0.830. The monoisotopic (exact) mass is 212 g/mol. The minimum absolute atomic E-state index is 0.0788. The van der Waals surface area contributed by atoms with Crippen molar-refractivity contribution in [2.24, 2.45) is 11.8 Å². The van der Waals surface area contributed by atoms with E-state index in [9.17, 15) is 9.90 Å². The first-order chi connectivity index (χ1) is 7.04. The van der Waals surface area contributed by atoms with Gasteiger partial charge in [-0.3, -0.25) is 4.79 Å². The van der Waals surface area contributed by atoms with Crippen molar-refractivity contribution in [1.29, 1.82) is 0 Å². The minimum atomic E-state index is -0.558. The summed E-state index contributed by atoms with van der Waals surface area (Å²) in [6.45, 7) is 7.67. The van der Waals surface area contributed by atoms with Crippen molar-refractivity contribution in [2.45, 2.75) is 45.3 Å². The SMILES string of the molecule is C=C[C@@H](C)[C@@H]1CC[C@H](C)[C@H](O)CC(=O)O1. The Balaban J connectivity index is 2.63. The molecule has 3 heteroatoms. The third-order valence-corrected chi connectivity index (χ3v) is 3.18. The van der Waals surface area contributed by atoms with Gasteiger partial charge in [-0.05, 0) is 18.8 Å². The number of hydrogen-bond acceptors (Lipinski definition) is 3. The van der Waals surface area contributed by atoms with Gasteiger partial charge in [0.25, 0.3) is 0 Å². The van der Waals surface area contributed by atoms with Crippen molar-refractivity contribution in [3.63, 3.8) is 0 Å². The van der Waals surface area contributed by atoms with Crippen molar-refractivity contribution >= 4 is 5.97 Å². The van der Waals surface area contributed by atoms with Gasteiger partial charge < -0.3 is 9.84 Å². The van der Waals surface area contributed by atoms with E-state index in [-0.39, 0.29) is 30.3 Å². The molecule has 0 aliphatic carbocycles. The Morgan fingerprint density at radius 3 is 2.87 bits per heavy atom. The van der Waals surface area contributed by atoms with Gasteiger partial charge in [0.2, 0.25) is 0 Å². The summed E-state index contributed by atoms with van der Waals surface area (Å²) in [5, 5.41) is 9.61. The van der Waals surface area contributed by atoms with E-state index in [0.717, 1.165) is 12.8 Å². The molecule has 0 aromatic carbocycles. The molecule has 4 atom stereocenters. The van der Waals surface area contributed by atoms with Crippen LogP contribution in [0.5, 0.6) is 0 Å². The number of esters is 1. The van der Waals surface area contributed by atoms with Crippen molar-refractivity contribution in [3.05, 3.63) is 12.7 Å². The molecule has 0 amide bonds. The van der Waals surface area contributed by atoms with Crippen LogP contribution in [0.4, 0.5) is 0 Å². The second-order valence-electron chi connectivity index (χ2n) is 4.45. The van der Waals surface area contributed by atoms with E-state index < -0.39 is 6.10 Å². The molecule has 1 aliphatic heterocycles. The highest BCUT2D eigenvalue weighted by Crippen LogP contribution is 2.24. The first-order valence-electron chi connectivity index (χ1n) is 5.54. The molecule has 0 spiro atoms. The van der Waals surface area contributed by atoms with Crippen molar-refractivity contribution in [3.8, 4) is 0 Å². The molecule has 1 saturated heterocycles. The van der Waals surface area contributed by atoms with Gasteiger partial charge in [-0.15, -0.1) is 6.58 Å². The Kier molecular flexibility index (Phi) is 4.33. The van der Waals surface area contributed by atoms with E-state index in [0.29, 0.717) is 0 Å². The average molecular weight is 212 g/mol. The standard InChI is InChI=1S/C12H20O3/c1-4-8(2)11-6-5-9(3)10(13)7-12(14)15-11/h4,8-11,13H,1,5-7H2,2-3H3/t8-,9+,10-,11+/m1/s1. The third kappa shape index (κ3) is 3.34. The van der Waals surface area contributed by atoms with E-state index in [1.54, 1.807) is 6.08 Å². The smallest absolute Gasteiger partial charge is 0.308 e. The van der Waals surface area contributed by atoms with Gasteiger partial charge >= 0.3 is 5.97 Å². The number of aliphatic hydroxyl groups is 1. The van der Waals surface area contributed by atoms with E-state index in [2.05, 4.69) is 6.58 Å². The number of carbonyl (C=O) groups is 1. The molecule has 1 aliphatic rings. The van der Waals surface area contributed by atoms with Crippen LogP contribution >= 0.6 is 0 Å². The lowest BCUT2D eigenvalue weighted by Crippen LogP contribution is -2.32. The van der Waals surface area contributed by atoms with Gasteiger partial charge in [0.15, 0.2) is 0 Å². The van der Waals surface area contributed by atoms with Crippen molar-refractivity contribution in [1.82, 2.24) is 0 Å². The summed E-state index contributed by atoms with van der Waals surface area (Å²) in [5.74, 6) is 0.0431. The third-order valence-electron chi connectivity index (χ3n) is 3.18. The predicted molar refractivity (Wildman–Crippen MR) is 58.3 cm³/mol. The first kappa shape index (κ1) is 12.2. The molecule has 1 heterocycles. The molecule has 86 valence electrons. The summed E-state index contributed by atoms with van der Waals surface area (Å²) in [5.41, 5.74) is 0. The van der Waals surface area contributed by atoms with E-state index in [4.69, 9.17) is 4.74 Å². The molecule has 0 aromatic heterocycles. The van der Waals surface area contributed by atoms with Crippen LogP contribution in [-0.2, 0) is 9.53 Å². The largest absolute Gasteiger partial charge is 0.462 e. The summed E-state index contributed by atoms with van der Waals surface area (Å²) in [6.07, 6.45) is 2.97. The fraction of sp³-hybridized carbons (Fsp3) is 0.750. The van der Waals surface area contributed by atoms with Crippen LogP contribution in [0.1, 0.15) is 33.1 Å². The van der Waals surface area contributed by atoms with Crippen LogP contribution < -0.4 is 0 Å². The number of ether oxygens (including phenoxy) is 1. The Morgan fingerprint density at radius 2 is 2.27 bits per heavy atom. The van der Waals surface area contributed by atoms with Gasteiger partial charge in [-0.25, -0.2) is 0 Å². The first-order valence-corrected chi connectivity index (χ1v) is 5.54. The quantitative estimate of drug-likeness (QED) is 0.561. The van der Waals surface area contributed by atoms with Crippen LogP contribution in [-0.4, -0.2) is 23.3 Å². The Bertz CT molecular complexity index is 237. The number of carbonyl (C=O) groups excluding carboxylic acids is 1. The molecule has 15 heavy (non-hydrogen) atoms. The normalized spacial score (nSPS) is 34.9. The minimum Gasteiger partial charge on any atom is -0.462 e. The maximum Gasteiger partial charge on any atom is 0.308 e. The highest BCUT2D eigenvalue weighted by molar-refractivity contribution is 5.70. The Morgan fingerprint density at radius 1 is 1.60 bits per heavy atom. The summed E-state index contributed by atoms with van der Waals surface area (Å²) >= 11 is 0. The van der Waals surface area contributed by atoms with Crippen molar-refractivity contribution < 1.29 is 14.6 Å². The van der Waals surface area contributed by atoms with E-state index >= 15 is 0 Å². The van der Waals surface area contributed by atoms with Crippen LogP contribution in [0.15, 0.2) is 12.7 Å². The molecule has 0 saturated carbocycles.